The number of aliphatic carboxylic acids is 1. The molecule has 7 N–H and O–H groups in total. The second-order valence-corrected chi connectivity index (χ2v) is 8.51. The Balaban J connectivity index is 5.31. The first-order valence-electron chi connectivity index (χ1n) is 9.10. The first-order valence-corrected chi connectivity index (χ1v) is 11.9. The summed E-state index contributed by atoms with van der Waals surface area (Å²) in [6.07, 6.45) is 2.97. The zero-order chi connectivity index (χ0) is 22.6. The number of carboxylic acid groups (broad SMARTS) is 1. The lowest BCUT2D eigenvalue weighted by molar-refractivity contribution is -0.145. The molecule has 3 amide bonds. The van der Waals surface area contributed by atoms with Gasteiger partial charge in [-0.05, 0) is 50.7 Å². The Kier molecular flexibility index (Phi) is 13.7. The first-order chi connectivity index (χ1) is 13.5. The maximum absolute atomic E-state index is 12.7. The van der Waals surface area contributed by atoms with E-state index in [2.05, 4.69) is 16.0 Å². The van der Waals surface area contributed by atoms with E-state index in [1.54, 1.807) is 0 Å². The van der Waals surface area contributed by atoms with Crippen molar-refractivity contribution in [2.45, 2.75) is 57.0 Å². The van der Waals surface area contributed by atoms with E-state index in [1.165, 1.54) is 37.4 Å². The maximum atomic E-state index is 12.7. The van der Waals surface area contributed by atoms with Crippen molar-refractivity contribution in [1.82, 2.24) is 16.0 Å². The second kappa shape index (κ2) is 14.5. The number of carboxylic acids is 1. The molecule has 0 saturated heterocycles. The predicted molar refractivity (Wildman–Crippen MR) is 115 cm³/mol. The van der Waals surface area contributed by atoms with Crippen molar-refractivity contribution in [3.8, 4) is 0 Å². The summed E-state index contributed by atoms with van der Waals surface area (Å²) < 4.78 is 0. The van der Waals surface area contributed by atoms with Gasteiger partial charge < -0.3 is 31.9 Å². The van der Waals surface area contributed by atoms with E-state index in [4.69, 9.17) is 10.8 Å². The third-order valence-corrected chi connectivity index (χ3v) is 5.23. The average Bonchev–Trinajstić information content (AvgIpc) is 2.64. The first kappa shape index (κ1) is 27.5. The van der Waals surface area contributed by atoms with Gasteiger partial charge in [0.2, 0.25) is 17.7 Å². The van der Waals surface area contributed by atoms with Crippen LogP contribution in [0.5, 0.6) is 0 Å². The third-order valence-electron chi connectivity index (χ3n) is 3.95. The molecule has 5 atom stereocenters. The summed E-state index contributed by atoms with van der Waals surface area (Å²) in [5.74, 6) is -2.02. The average molecular weight is 453 g/mol. The fraction of sp³-hybridized carbons (Fsp3) is 0.765. The molecule has 0 aromatic carbocycles. The minimum Gasteiger partial charge on any atom is -0.480 e. The van der Waals surface area contributed by atoms with E-state index in [0.717, 1.165) is 0 Å². The fourth-order valence-corrected chi connectivity index (χ4v) is 3.17. The van der Waals surface area contributed by atoms with E-state index in [9.17, 15) is 24.3 Å². The summed E-state index contributed by atoms with van der Waals surface area (Å²) in [6.45, 7) is 2.74. The highest BCUT2D eigenvalue weighted by Crippen LogP contribution is 2.06. The van der Waals surface area contributed by atoms with Gasteiger partial charge in [-0.25, -0.2) is 4.79 Å². The van der Waals surface area contributed by atoms with Crippen LogP contribution in [0.1, 0.15) is 26.7 Å². The van der Waals surface area contributed by atoms with Crippen molar-refractivity contribution in [3.05, 3.63) is 0 Å². The van der Waals surface area contributed by atoms with E-state index in [-0.39, 0.29) is 6.42 Å². The topological polar surface area (TPSA) is 171 Å². The zero-order valence-electron chi connectivity index (χ0n) is 17.1. The number of carbonyl (C=O) groups excluding carboxylic acids is 3. The summed E-state index contributed by atoms with van der Waals surface area (Å²) in [5.41, 5.74) is 5.54. The molecule has 10 nitrogen and oxygen atoms in total. The molecule has 0 fully saturated rings. The molecule has 0 saturated carbocycles. The van der Waals surface area contributed by atoms with Gasteiger partial charge in [-0.2, -0.15) is 23.5 Å². The quantitative estimate of drug-likeness (QED) is 0.189. The zero-order valence-corrected chi connectivity index (χ0v) is 18.8. The van der Waals surface area contributed by atoms with Gasteiger partial charge in [0.1, 0.15) is 12.1 Å². The summed E-state index contributed by atoms with van der Waals surface area (Å²) in [4.78, 5) is 48.4. The number of hydrogen-bond donors (Lipinski definition) is 6. The summed E-state index contributed by atoms with van der Waals surface area (Å²) in [6, 6.07) is -4.18. The van der Waals surface area contributed by atoms with Crippen molar-refractivity contribution in [2.75, 3.05) is 24.0 Å². The maximum Gasteiger partial charge on any atom is 0.328 e. The second-order valence-electron chi connectivity index (χ2n) is 6.54. The highest BCUT2D eigenvalue weighted by molar-refractivity contribution is 7.98. The van der Waals surface area contributed by atoms with E-state index in [1.807, 2.05) is 12.5 Å². The molecule has 168 valence electrons. The highest BCUT2D eigenvalue weighted by atomic mass is 32.2. The number of thioether (sulfide) groups is 2. The van der Waals surface area contributed by atoms with Crippen LogP contribution in [0.4, 0.5) is 0 Å². The number of nitrogens with two attached hydrogens (primary N) is 1. The lowest BCUT2D eigenvalue weighted by atomic mass is 10.1. The molecule has 0 bridgehead atoms. The number of nitrogens with one attached hydrogen (secondary N) is 3. The third kappa shape index (κ3) is 10.7. The Labute approximate surface area is 179 Å². The Morgan fingerprint density at radius 3 is 1.62 bits per heavy atom. The van der Waals surface area contributed by atoms with E-state index < -0.39 is 54.0 Å². The van der Waals surface area contributed by atoms with Crippen LogP contribution in [-0.4, -0.2) is 88.2 Å². The van der Waals surface area contributed by atoms with Gasteiger partial charge >= 0.3 is 5.97 Å². The normalized spacial score (nSPS) is 16.1. The van der Waals surface area contributed by atoms with Crippen molar-refractivity contribution >= 4 is 47.2 Å². The lowest BCUT2D eigenvalue weighted by Gasteiger charge is -2.25. The van der Waals surface area contributed by atoms with Crippen LogP contribution in [0.15, 0.2) is 0 Å². The molecule has 0 spiro atoms. The van der Waals surface area contributed by atoms with Crippen LogP contribution in [0, 0.1) is 0 Å². The van der Waals surface area contributed by atoms with Crippen LogP contribution in [-0.2, 0) is 19.2 Å². The fourth-order valence-electron chi connectivity index (χ4n) is 2.23. The highest BCUT2D eigenvalue weighted by Gasteiger charge is 2.31. The lowest BCUT2D eigenvalue weighted by Crippen LogP contribution is -2.58. The van der Waals surface area contributed by atoms with Gasteiger partial charge in [-0.15, -0.1) is 0 Å². The Morgan fingerprint density at radius 2 is 1.28 bits per heavy atom. The molecular weight excluding hydrogens is 420 g/mol. The van der Waals surface area contributed by atoms with Gasteiger partial charge in [0.25, 0.3) is 0 Å². The molecule has 0 aliphatic heterocycles. The summed E-state index contributed by atoms with van der Waals surface area (Å²) in [7, 11) is 0. The number of hydrogen-bond acceptors (Lipinski definition) is 8. The van der Waals surface area contributed by atoms with E-state index in [0.29, 0.717) is 17.9 Å². The van der Waals surface area contributed by atoms with Crippen molar-refractivity contribution in [3.63, 3.8) is 0 Å². The number of carbonyl (C=O) groups is 4. The predicted octanol–water partition coefficient (Wildman–Crippen LogP) is -1.24. The van der Waals surface area contributed by atoms with Gasteiger partial charge in [0.15, 0.2) is 6.04 Å². The molecule has 29 heavy (non-hydrogen) atoms. The van der Waals surface area contributed by atoms with Crippen LogP contribution >= 0.6 is 23.5 Å². The standard InChI is InChI=1S/C17H32N4O6S2/c1-9(18)14(23)19-11(5-7-28-3)15(24)20-12(6-8-29-4)16(25)21-13(10(2)22)17(26)27/h9-13,22H,5-8,18H2,1-4H3,(H,19,23)(H,20,24)(H,21,25)(H,26,27). The minimum absolute atomic E-state index is 0.251. The molecule has 0 aromatic heterocycles. The van der Waals surface area contributed by atoms with E-state index >= 15 is 0 Å². The molecule has 0 radical (unpaired) electrons. The Hall–Kier alpha value is -1.50. The Morgan fingerprint density at radius 1 is 0.862 bits per heavy atom. The number of amides is 3. The molecule has 0 rings (SSSR count). The van der Waals surface area contributed by atoms with Crippen LogP contribution < -0.4 is 21.7 Å². The number of aliphatic hydroxyl groups is 1. The summed E-state index contributed by atoms with van der Waals surface area (Å²) in [5, 5.41) is 26.1. The van der Waals surface area contributed by atoms with Crippen molar-refractivity contribution < 1.29 is 29.4 Å². The smallest absolute Gasteiger partial charge is 0.328 e. The van der Waals surface area contributed by atoms with Crippen molar-refractivity contribution in [2.24, 2.45) is 5.73 Å². The molecule has 0 aromatic rings. The Bertz CT molecular complexity index is 562. The largest absolute Gasteiger partial charge is 0.480 e. The molecule has 5 unspecified atom stereocenters. The monoisotopic (exact) mass is 452 g/mol. The van der Waals surface area contributed by atoms with Crippen LogP contribution in [0.2, 0.25) is 0 Å². The van der Waals surface area contributed by atoms with Crippen LogP contribution in [0.25, 0.3) is 0 Å². The molecule has 0 heterocycles. The van der Waals surface area contributed by atoms with Gasteiger partial charge in [0, 0.05) is 0 Å². The molecular formula is C17H32N4O6S2. The molecule has 12 heteroatoms. The van der Waals surface area contributed by atoms with Gasteiger partial charge in [-0.1, -0.05) is 0 Å². The minimum atomic E-state index is -1.50. The van der Waals surface area contributed by atoms with Gasteiger partial charge in [-0.3, -0.25) is 14.4 Å². The number of aliphatic hydroxyl groups excluding tert-OH is 1. The summed E-state index contributed by atoms with van der Waals surface area (Å²) >= 11 is 2.95. The van der Waals surface area contributed by atoms with Crippen LogP contribution in [0.3, 0.4) is 0 Å². The number of rotatable bonds is 14. The SMILES string of the molecule is CSCCC(NC(=O)C(C)N)C(=O)NC(CCSC)C(=O)NC(C(=O)O)C(C)O. The van der Waals surface area contributed by atoms with Gasteiger partial charge in [0.05, 0.1) is 12.1 Å². The molecule has 0 aliphatic carbocycles. The molecule has 0 aliphatic rings. The van der Waals surface area contributed by atoms with Crippen molar-refractivity contribution in [1.29, 1.82) is 0 Å².